The number of thioether (sulfide) groups is 1. The van der Waals surface area contributed by atoms with Crippen LogP contribution in [0.3, 0.4) is 0 Å². The highest BCUT2D eigenvalue weighted by atomic mass is 32.2. The topological polar surface area (TPSA) is 78.4 Å². The second-order valence-electron chi connectivity index (χ2n) is 4.58. The quantitative estimate of drug-likeness (QED) is 0.641. The Kier molecular flexibility index (Phi) is 7.12. The van der Waals surface area contributed by atoms with Gasteiger partial charge in [-0.15, -0.1) is 0 Å². The molecule has 0 aromatic rings. The van der Waals surface area contributed by atoms with Gasteiger partial charge < -0.3 is 15.7 Å². The Morgan fingerprint density at radius 1 is 1.56 bits per heavy atom. The maximum Gasteiger partial charge on any atom is 0.305 e. The number of hydrogen-bond donors (Lipinski definition) is 3. The van der Waals surface area contributed by atoms with E-state index in [1.54, 1.807) is 0 Å². The Morgan fingerprint density at radius 2 is 2.33 bits per heavy atom. The summed E-state index contributed by atoms with van der Waals surface area (Å²) >= 11 is 1.85. The van der Waals surface area contributed by atoms with Crippen molar-refractivity contribution >= 4 is 23.6 Å². The lowest BCUT2D eigenvalue weighted by Crippen LogP contribution is -2.44. The summed E-state index contributed by atoms with van der Waals surface area (Å²) in [5, 5.41) is 14.9. The van der Waals surface area contributed by atoms with E-state index < -0.39 is 5.97 Å². The molecule has 1 saturated heterocycles. The van der Waals surface area contributed by atoms with Crippen molar-refractivity contribution in [2.24, 2.45) is 0 Å². The van der Waals surface area contributed by atoms with Crippen LogP contribution in [0.4, 0.5) is 0 Å². The Hall–Kier alpha value is -0.750. The molecule has 1 aliphatic heterocycles. The molecule has 0 aromatic carbocycles. The lowest BCUT2D eigenvalue weighted by molar-refractivity contribution is -0.137. The number of rotatable bonds is 7. The summed E-state index contributed by atoms with van der Waals surface area (Å²) in [7, 11) is 0. The lowest BCUT2D eigenvalue weighted by Gasteiger charge is -2.24. The summed E-state index contributed by atoms with van der Waals surface area (Å²) in [5.74, 6) is 1.13. The van der Waals surface area contributed by atoms with E-state index in [9.17, 15) is 9.59 Å². The predicted molar refractivity (Wildman–Crippen MR) is 72.8 cm³/mol. The summed E-state index contributed by atoms with van der Waals surface area (Å²) in [6.07, 6.45) is 2.03. The second-order valence-corrected chi connectivity index (χ2v) is 5.73. The van der Waals surface area contributed by atoms with Crippen LogP contribution in [0, 0.1) is 0 Å². The van der Waals surface area contributed by atoms with Crippen molar-refractivity contribution in [2.75, 3.05) is 18.1 Å². The molecular weight excluding hydrogens is 252 g/mol. The van der Waals surface area contributed by atoms with Gasteiger partial charge >= 0.3 is 5.97 Å². The van der Waals surface area contributed by atoms with Gasteiger partial charge in [0.1, 0.15) is 0 Å². The molecule has 0 aliphatic carbocycles. The number of carboxylic acid groups (broad SMARTS) is 1. The maximum absolute atomic E-state index is 11.8. The summed E-state index contributed by atoms with van der Waals surface area (Å²) in [4.78, 5) is 22.5. The average Bonchev–Trinajstić information content (AvgIpc) is 2.29. The first-order chi connectivity index (χ1) is 8.61. The third-order valence-electron chi connectivity index (χ3n) is 2.85. The first-order valence-electron chi connectivity index (χ1n) is 6.44. The molecule has 2 atom stereocenters. The third-order valence-corrected chi connectivity index (χ3v) is 3.98. The number of nitrogens with one attached hydrogen (secondary N) is 2. The Labute approximate surface area is 112 Å². The fourth-order valence-electron chi connectivity index (χ4n) is 2.05. The van der Waals surface area contributed by atoms with E-state index in [0.29, 0.717) is 12.8 Å². The molecular formula is C12H22N2O3S. The Balaban J connectivity index is 2.32. The molecule has 18 heavy (non-hydrogen) atoms. The van der Waals surface area contributed by atoms with Crippen LogP contribution in [0.5, 0.6) is 0 Å². The predicted octanol–water partition coefficient (Wildman–Crippen LogP) is 0.841. The van der Waals surface area contributed by atoms with Crippen molar-refractivity contribution in [1.29, 1.82) is 0 Å². The third kappa shape index (κ3) is 6.26. The van der Waals surface area contributed by atoms with Crippen molar-refractivity contribution in [3.8, 4) is 0 Å². The molecule has 1 heterocycles. The first-order valence-corrected chi connectivity index (χ1v) is 7.59. The second kappa shape index (κ2) is 8.37. The standard InChI is InChI=1S/C12H22N2O3S/c1-2-3-9(7-12(16)17)14-11(15)6-10-8-18-5-4-13-10/h9-10,13H,2-8H2,1H3,(H,14,15)(H,16,17). The van der Waals surface area contributed by atoms with E-state index >= 15 is 0 Å². The molecule has 1 aliphatic rings. The van der Waals surface area contributed by atoms with E-state index in [4.69, 9.17) is 5.11 Å². The van der Waals surface area contributed by atoms with E-state index in [-0.39, 0.29) is 24.4 Å². The molecule has 0 spiro atoms. The number of carboxylic acids is 1. The number of carbonyl (C=O) groups is 2. The first kappa shape index (κ1) is 15.3. The fourth-order valence-corrected chi connectivity index (χ4v) is 2.99. The molecule has 0 radical (unpaired) electrons. The van der Waals surface area contributed by atoms with Gasteiger partial charge in [-0.2, -0.15) is 11.8 Å². The van der Waals surface area contributed by atoms with E-state index in [1.807, 2.05) is 18.7 Å². The smallest absolute Gasteiger partial charge is 0.305 e. The van der Waals surface area contributed by atoms with Gasteiger partial charge in [0, 0.05) is 36.6 Å². The fraction of sp³-hybridized carbons (Fsp3) is 0.833. The zero-order chi connectivity index (χ0) is 13.4. The molecule has 0 bridgehead atoms. The molecule has 1 fully saturated rings. The average molecular weight is 274 g/mol. The highest BCUT2D eigenvalue weighted by Crippen LogP contribution is 2.10. The Morgan fingerprint density at radius 3 is 2.89 bits per heavy atom. The van der Waals surface area contributed by atoms with Gasteiger partial charge in [-0.25, -0.2) is 0 Å². The molecule has 0 aromatic heterocycles. The molecule has 0 saturated carbocycles. The number of carbonyl (C=O) groups excluding carboxylic acids is 1. The van der Waals surface area contributed by atoms with Crippen LogP contribution in [-0.2, 0) is 9.59 Å². The largest absolute Gasteiger partial charge is 0.481 e. The van der Waals surface area contributed by atoms with Crippen LogP contribution < -0.4 is 10.6 Å². The molecule has 6 heteroatoms. The van der Waals surface area contributed by atoms with E-state index in [2.05, 4.69) is 10.6 Å². The number of aliphatic carboxylic acids is 1. The van der Waals surface area contributed by atoms with Crippen molar-refractivity contribution in [3.05, 3.63) is 0 Å². The summed E-state index contributed by atoms with van der Waals surface area (Å²) in [6.45, 7) is 2.93. The monoisotopic (exact) mass is 274 g/mol. The van der Waals surface area contributed by atoms with Crippen molar-refractivity contribution in [1.82, 2.24) is 10.6 Å². The van der Waals surface area contributed by atoms with Gasteiger partial charge in [-0.05, 0) is 6.42 Å². The Bertz CT molecular complexity index is 280. The van der Waals surface area contributed by atoms with Crippen molar-refractivity contribution in [3.63, 3.8) is 0 Å². The van der Waals surface area contributed by atoms with Crippen LogP contribution in [0.15, 0.2) is 0 Å². The minimum atomic E-state index is -0.861. The summed E-state index contributed by atoms with van der Waals surface area (Å²) < 4.78 is 0. The van der Waals surface area contributed by atoms with Gasteiger partial charge in [0.2, 0.25) is 5.91 Å². The van der Waals surface area contributed by atoms with Gasteiger partial charge in [0.25, 0.3) is 0 Å². The number of amides is 1. The molecule has 2 unspecified atom stereocenters. The van der Waals surface area contributed by atoms with E-state index in [1.165, 1.54) is 0 Å². The number of hydrogen-bond acceptors (Lipinski definition) is 4. The molecule has 3 N–H and O–H groups in total. The minimum Gasteiger partial charge on any atom is -0.481 e. The van der Waals surface area contributed by atoms with Crippen LogP contribution in [-0.4, -0.2) is 47.1 Å². The minimum absolute atomic E-state index is 0.00637. The molecule has 5 nitrogen and oxygen atoms in total. The van der Waals surface area contributed by atoms with Crippen molar-refractivity contribution in [2.45, 2.75) is 44.7 Å². The van der Waals surface area contributed by atoms with Crippen molar-refractivity contribution < 1.29 is 14.7 Å². The summed E-state index contributed by atoms with van der Waals surface area (Å²) in [5.41, 5.74) is 0. The zero-order valence-electron chi connectivity index (χ0n) is 10.8. The highest BCUT2D eigenvalue weighted by Gasteiger charge is 2.19. The molecule has 1 amide bonds. The summed E-state index contributed by atoms with van der Waals surface area (Å²) in [6, 6.07) is -0.0212. The van der Waals surface area contributed by atoms with Gasteiger partial charge in [-0.3, -0.25) is 9.59 Å². The molecule has 104 valence electrons. The van der Waals surface area contributed by atoms with Crippen LogP contribution in [0.2, 0.25) is 0 Å². The van der Waals surface area contributed by atoms with Gasteiger partial charge in [-0.1, -0.05) is 13.3 Å². The van der Waals surface area contributed by atoms with Crippen LogP contribution in [0.25, 0.3) is 0 Å². The lowest BCUT2D eigenvalue weighted by atomic mass is 10.1. The van der Waals surface area contributed by atoms with E-state index in [0.717, 1.165) is 24.5 Å². The maximum atomic E-state index is 11.8. The van der Waals surface area contributed by atoms with Gasteiger partial charge in [0.15, 0.2) is 0 Å². The highest BCUT2D eigenvalue weighted by molar-refractivity contribution is 7.99. The van der Waals surface area contributed by atoms with Crippen LogP contribution >= 0.6 is 11.8 Å². The van der Waals surface area contributed by atoms with Gasteiger partial charge in [0.05, 0.1) is 6.42 Å². The normalized spacial score (nSPS) is 21.3. The van der Waals surface area contributed by atoms with Crippen LogP contribution in [0.1, 0.15) is 32.6 Å². The molecule has 1 rings (SSSR count). The SMILES string of the molecule is CCCC(CC(=O)O)NC(=O)CC1CSCCN1. The zero-order valence-corrected chi connectivity index (χ0v) is 11.6.